The van der Waals surface area contributed by atoms with Crippen LogP contribution < -0.4 is 53.0 Å². The summed E-state index contributed by atoms with van der Waals surface area (Å²) in [6.45, 7) is 4.79. The van der Waals surface area contributed by atoms with Crippen LogP contribution in [0.4, 0.5) is 0 Å². The highest BCUT2D eigenvalue weighted by Gasteiger charge is 2.46. The van der Waals surface area contributed by atoms with Crippen LogP contribution in [0.1, 0.15) is 57.5 Å². The Hall–Kier alpha value is -7.08. The van der Waals surface area contributed by atoms with Gasteiger partial charge in [0.25, 0.3) is 0 Å². The van der Waals surface area contributed by atoms with E-state index in [1.807, 2.05) is 7.05 Å². The van der Waals surface area contributed by atoms with Gasteiger partial charge in [0.15, 0.2) is 12.3 Å². The van der Waals surface area contributed by atoms with Gasteiger partial charge in [0.05, 0.1) is 57.1 Å². The number of carbonyl (C=O) groups excluding carboxylic acids is 9. The summed E-state index contributed by atoms with van der Waals surface area (Å²) in [6.07, 6.45) is -4.57. The Morgan fingerprint density at radius 2 is 1.59 bits per heavy atom. The molecule has 0 radical (unpaired) electrons. The number of ether oxygens (including phenoxy) is 4. The summed E-state index contributed by atoms with van der Waals surface area (Å²) in [7, 11) is 1.82. The molecule has 430 valence electrons. The van der Waals surface area contributed by atoms with E-state index in [0.717, 1.165) is 4.90 Å². The third-order valence-corrected chi connectivity index (χ3v) is 15.6. The van der Waals surface area contributed by atoms with E-state index in [1.54, 1.807) is 45.0 Å². The number of hydrogen-bond acceptors (Lipinski definition) is 17. The van der Waals surface area contributed by atoms with Crippen molar-refractivity contribution in [3.8, 4) is 11.5 Å². The number of carbonyl (C=O) groups is 9. The third-order valence-electron chi connectivity index (χ3n) is 14.2. The molecule has 3 aromatic rings. The molecule has 6 unspecified atom stereocenters. The van der Waals surface area contributed by atoms with E-state index in [1.165, 1.54) is 18.2 Å². The Morgan fingerprint density at radius 3 is 2.30 bits per heavy atom. The van der Waals surface area contributed by atoms with Crippen LogP contribution in [0.15, 0.2) is 47.5 Å². The average molecular weight is 1120 g/mol. The number of phenolic OH excluding ortho intramolecular Hbond substituents is 1. The van der Waals surface area contributed by atoms with Crippen molar-refractivity contribution in [1.29, 1.82) is 0 Å². The SMILES string of the molecule is CC[C@H](C)[C@@H]1NC(=O)CNC(=O)C2Cc3c([nH]c4cc(O)ccc34)[S@+]([O-])CC(NC(=O)CNC1=O)C(=O)NC(CC(N)=O)C(=O)N1CC(O)CC1C(=O)N[C@@H]([C@@H](C)[C@@H]1COC(c3ccc(OCCOCCNC)cc3)O1)C(=O)N2. The number of phenols is 1. The molecule has 5 heterocycles. The summed E-state index contributed by atoms with van der Waals surface area (Å²) < 4.78 is 38.6. The van der Waals surface area contributed by atoms with E-state index in [0.29, 0.717) is 49.5 Å². The molecule has 2 fully saturated rings. The number of aliphatic hydroxyl groups excluding tert-OH is 1. The van der Waals surface area contributed by atoms with Crippen LogP contribution in [0, 0.1) is 11.8 Å². The number of fused-ring (bicyclic) bond motifs is 5. The van der Waals surface area contributed by atoms with Gasteiger partial charge >= 0.3 is 0 Å². The predicted molar refractivity (Wildman–Crippen MR) is 279 cm³/mol. The topological polar surface area (TPSA) is 395 Å². The minimum atomic E-state index is -2.38. The Bertz CT molecular complexity index is 2730. The van der Waals surface area contributed by atoms with Crippen LogP contribution in [-0.2, 0) is 75.0 Å². The van der Waals surface area contributed by atoms with Gasteiger partial charge in [0.2, 0.25) is 58.2 Å². The summed E-state index contributed by atoms with van der Waals surface area (Å²) in [6, 6.07) is 1.23. The fraction of sp³-hybridized carbons (Fsp3) is 0.549. The first-order valence-corrected chi connectivity index (χ1v) is 27.3. The van der Waals surface area contributed by atoms with Crippen molar-refractivity contribution in [3.63, 3.8) is 0 Å². The van der Waals surface area contributed by atoms with Crippen molar-refractivity contribution in [2.24, 2.45) is 17.6 Å². The van der Waals surface area contributed by atoms with Gasteiger partial charge in [-0.05, 0) is 37.2 Å². The lowest BCUT2D eigenvalue weighted by Crippen LogP contribution is -2.62. The molecule has 7 rings (SSSR count). The van der Waals surface area contributed by atoms with Crippen molar-refractivity contribution in [2.45, 2.75) is 106 Å². The van der Waals surface area contributed by atoms with E-state index in [4.69, 9.17) is 24.7 Å². The highest BCUT2D eigenvalue weighted by Crippen LogP contribution is 2.34. The summed E-state index contributed by atoms with van der Waals surface area (Å²) in [4.78, 5) is 131. The number of aromatic hydroxyl groups is 1. The molecule has 13 N–H and O–H groups in total. The number of aromatic amines is 1. The number of rotatable bonds is 14. The molecule has 1 aromatic heterocycles. The molecule has 28 heteroatoms. The number of amides is 9. The number of aromatic nitrogens is 1. The Balaban J connectivity index is 1.30. The van der Waals surface area contributed by atoms with Crippen molar-refractivity contribution >= 4 is 75.2 Å². The predicted octanol–water partition coefficient (Wildman–Crippen LogP) is -3.54. The van der Waals surface area contributed by atoms with Crippen LogP contribution >= 0.6 is 0 Å². The zero-order chi connectivity index (χ0) is 57.1. The van der Waals surface area contributed by atoms with E-state index >= 15 is 4.79 Å². The second-order valence-electron chi connectivity index (χ2n) is 19.9. The van der Waals surface area contributed by atoms with Gasteiger partial charge in [-0.3, -0.25) is 43.2 Å². The number of primary amides is 1. The molecule has 2 bridgehead atoms. The zero-order valence-electron chi connectivity index (χ0n) is 44.1. The zero-order valence-corrected chi connectivity index (χ0v) is 44.9. The second kappa shape index (κ2) is 27.2. The molecule has 4 aliphatic heterocycles. The molecule has 0 spiro atoms. The molecule has 0 aliphatic carbocycles. The second-order valence-corrected chi connectivity index (χ2v) is 21.3. The molecular formula is C51H69N11O16S. The number of H-pyrrole nitrogens is 1. The highest BCUT2D eigenvalue weighted by molar-refractivity contribution is 7.91. The van der Waals surface area contributed by atoms with E-state index in [-0.39, 0.29) is 34.9 Å². The molecule has 12 atom stereocenters. The fourth-order valence-corrected chi connectivity index (χ4v) is 11.0. The number of aliphatic hydroxyl groups is 1. The molecule has 4 aliphatic rings. The molecule has 9 amide bonds. The third kappa shape index (κ3) is 15.2. The first-order chi connectivity index (χ1) is 37.7. The van der Waals surface area contributed by atoms with Gasteiger partial charge in [-0.15, -0.1) is 0 Å². The van der Waals surface area contributed by atoms with Crippen LogP contribution in [0.5, 0.6) is 11.5 Å². The summed E-state index contributed by atoms with van der Waals surface area (Å²) >= 11 is -2.38. The number of nitrogens with zero attached hydrogens (tertiary/aromatic N) is 1. The van der Waals surface area contributed by atoms with Gasteiger partial charge in [-0.25, -0.2) is 0 Å². The van der Waals surface area contributed by atoms with Crippen molar-refractivity contribution in [2.75, 3.05) is 65.4 Å². The largest absolute Gasteiger partial charge is 0.610 e. The smallest absolute Gasteiger partial charge is 0.248 e. The lowest BCUT2D eigenvalue weighted by atomic mass is 9.93. The van der Waals surface area contributed by atoms with Crippen LogP contribution in [-0.4, -0.2) is 192 Å². The van der Waals surface area contributed by atoms with Gasteiger partial charge in [0, 0.05) is 65.6 Å². The number of benzene rings is 2. The Labute approximate surface area is 457 Å². The number of nitrogens with one attached hydrogen (secondary N) is 9. The highest BCUT2D eigenvalue weighted by atomic mass is 32.2. The molecule has 2 aromatic carbocycles. The maximum Gasteiger partial charge on any atom is 0.248 e. The van der Waals surface area contributed by atoms with E-state index < -0.39 is 169 Å². The minimum Gasteiger partial charge on any atom is -0.610 e. The van der Waals surface area contributed by atoms with E-state index in [9.17, 15) is 53.1 Å². The maximum atomic E-state index is 15.2. The van der Waals surface area contributed by atoms with Crippen molar-refractivity contribution in [3.05, 3.63) is 53.6 Å². The number of hydrogen-bond donors (Lipinski definition) is 12. The standard InChI is InChI=1S/C51H69N11O16S/c1-5-25(2)42-47(71)55-20-40(66)56-36-24-79(74)49-32(31-11-8-28(63)16-33(31)59-49)18-34(44(68)54-21-41(67)60-42)57-48(72)43(61-46(70)37-17-29(64)22-62(37)50(73)35(19-39(52)65)58-45(36)69)26(3)38-23-77-51(78-38)27-6-9-30(10-7-27)76-15-14-75-13-12-53-4/h6-11,16,25-26,29,34-38,42-43,51,53,59,63-64H,5,12-15,17-24H2,1-4H3,(H2,52,65)(H,54,68)(H,55,71)(H,56,66)(H,57,72)(H,58,69)(H,60,67)(H,61,70)/t25-,26-,29?,34?,35?,36?,37?,38-,42-,43-,51?,79+/m0/s1. The number of nitrogens with two attached hydrogens (primary N) is 1. The van der Waals surface area contributed by atoms with Crippen molar-refractivity contribution in [1.82, 2.24) is 52.4 Å². The summed E-state index contributed by atoms with van der Waals surface area (Å²) in [5.41, 5.74) is 6.49. The van der Waals surface area contributed by atoms with Gasteiger partial charge in [0.1, 0.15) is 54.1 Å². The summed E-state index contributed by atoms with van der Waals surface area (Å²) in [5, 5.41) is 42.5. The lowest BCUT2D eigenvalue weighted by molar-refractivity contribution is -0.144. The van der Waals surface area contributed by atoms with Crippen LogP contribution in [0.3, 0.4) is 0 Å². The molecule has 79 heavy (non-hydrogen) atoms. The van der Waals surface area contributed by atoms with E-state index in [2.05, 4.69) is 47.5 Å². The maximum absolute atomic E-state index is 15.2. The quantitative estimate of drug-likeness (QED) is 0.0549. The van der Waals surface area contributed by atoms with Gasteiger partial charge in [-0.1, -0.05) is 39.3 Å². The monoisotopic (exact) mass is 1120 g/mol. The summed E-state index contributed by atoms with van der Waals surface area (Å²) in [5.74, 6) is -10.8. The Morgan fingerprint density at radius 1 is 0.873 bits per heavy atom. The van der Waals surface area contributed by atoms with Gasteiger partial charge < -0.3 is 91.9 Å². The molecule has 2 saturated heterocycles. The first-order valence-electron chi connectivity index (χ1n) is 26.0. The van der Waals surface area contributed by atoms with Crippen molar-refractivity contribution < 1.29 is 76.9 Å². The number of likely N-dealkylation sites (N-methyl/N-ethyl adjacent to an activating group) is 1. The Kier molecular flexibility index (Phi) is 20.5. The lowest BCUT2D eigenvalue weighted by Gasteiger charge is -2.33. The first kappa shape index (κ1) is 59.6. The van der Waals surface area contributed by atoms with Gasteiger partial charge in [-0.2, -0.15) is 0 Å². The minimum absolute atomic E-state index is 0.109. The average Bonchev–Trinajstić information content (AvgIpc) is 4.29. The molecule has 27 nitrogen and oxygen atoms in total. The van der Waals surface area contributed by atoms with Crippen LogP contribution in [0.25, 0.3) is 10.9 Å². The van der Waals surface area contributed by atoms with Crippen LogP contribution in [0.2, 0.25) is 0 Å². The normalized spacial score (nSPS) is 27.7. The molecular weight excluding hydrogens is 1050 g/mol. The molecule has 0 saturated carbocycles. The fourth-order valence-electron chi connectivity index (χ4n) is 9.61.